The van der Waals surface area contributed by atoms with Gasteiger partial charge in [-0.05, 0) is 30.3 Å². The highest BCUT2D eigenvalue weighted by molar-refractivity contribution is 7.89. The van der Waals surface area contributed by atoms with Crippen molar-refractivity contribution in [2.75, 3.05) is 49.3 Å². The van der Waals surface area contributed by atoms with Crippen molar-refractivity contribution in [3.8, 4) is 0 Å². The molecule has 0 saturated heterocycles. The minimum Gasteiger partial charge on any atom is -0.376 e. The van der Waals surface area contributed by atoms with E-state index < -0.39 is 21.7 Å². The van der Waals surface area contributed by atoms with Gasteiger partial charge >= 0.3 is 0 Å². The fourth-order valence-corrected chi connectivity index (χ4v) is 4.34. The molecule has 0 atom stereocenters. The van der Waals surface area contributed by atoms with Gasteiger partial charge in [0.1, 0.15) is 5.82 Å². The third kappa shape index (κ3) is 5.45. The Hall–Kier alpha value is -2.65. The van der Waals surface area contributed by atoms with Crippen LogP contribution in [0.5, 0.6) is 0 Å². The first-order chi connectivity index (χ1) is 13.7. The number of hydrogen-bond acceptors (Lipinski definition) is 5. The van der Waals surface area contributed by atoms with Gasteiger partial charge in [0.15, 0.2) is 0 Å². The van der Waals surface area contributed by atoms with Crippen molar-refractivity contribution in [3.05, 3.63) is 48.3 Å². The van der Waals surface area contributed by atoms with Gasteiger partial charge in [0.25, 0.3) is 0 Å². The van der Waals surface area contributed by atoms with Crippen LogP contribution in [0.2, 0.25) is 0 Å². The number of rotatable bonds is 9. The summed E-state index contributed by atoms with van der Waals surface area (Å²) in [7, 11) is 0.00169. The monoisotopic (exact) mass is 422 g/mol. The molecule has 2 N–H and O–H groups in total. The number of hydrogen-bond donors (Lipinski definition) is 2. The first kappa shape index (κ1) is 22.6. The Balaban J connectivity index is 2.24. The Labute approximate surface area is 171 Å². The molecule has 7 nitrogen and oxygen atoms in total. The van der Waals surface area contributed by atoms with E-state index in [9.17, 15) is 17.6 Å². The molecule has 2 aromatic carbocycles. The second-order valence-electron chi connectivity index (χ2n) is 6.54. The van der Waals surface area contributed by atoms with E-state index in [2.05, 4.69) is 10.6 Å². The fourth-order valence-electron chi connectivity index (χ4n) is 2.85. The minimum absolute atomic E-state index is 0.0880. The van der Waals surface area contributed by atoms with Gasteiger partial charge in [-0.3, -0.25) is 4.79 Å². The average molecular weight is 423 g/mol. The van der Waals surface area contributed by atoms with Gasteiger partial charge < -0.3 is 15.5 Å². The molecule has 2 aromatic rings. The fraction of sp³-hybridized carbons (Fsp3) is 0.350. The van der Waals surface area contributed by atoms with Gasteiger partial charge in [-0.15, -0.1) is 0 Å². The third-order valence-electron chi connectivity index (χ3n) is 4.38. The zero-order valence-electron chi connectivity index (χ0n) is 17.1. The zero-order chi connectivity index (χ0) is 21.6. The van der Waals surface area contributed by atoms with E-state index in [1.165, 1.54) is 28.6 Å². The Morgan fingerprint density at radius 2 is 1.69 bits per heavy atom. The highest BCUT2D eigenvalue weighted by Gasteiger charge is 2.23. The summed E-state index contributed by atoms with van der Waals surface area (Å²) in [6, 6.07) is 10.6. The lowest BCUT2D eigenvalue weighted by atomic mass is 10.2. The van der Waals surface area contributed by atoms with Gasteiger partial charge in [0, 0.05) is 27.2 Å². The maximum Gasteiger partial charge on any atom is 0.243 e. The molecule has 9 heteroatoms. The summed E-state index contributed by atoms with van der Waals surface area (Å²) >= 11 is 0. The first-order valence-electron chi connectivity index (χ1n) is 9.30. The number of carbonyl (C=O) groups is 1. The van der Waals surface area contributed by atoms with Crippen LogP contribution >= 0.6 is 0 Å². The van der Waals surface area contributed by atoms with Crippen LogP contribution in [-0.4, -0.2) is 52.4 Å². The van der Waals surface area contributed by atoms with E-state index in [4.69, 9.17) is 0 Å². The van der Waals surface area contributed by atoms with Crippen LogP contribution in [0, 0.1) is 5.82 Å². The van der Waals surface area contributed by atoms with Gasteiger partial charge in [0.2, 0.25) is 15.9 Å². The second kappa shape index (κ2) is 9.71. The number of amides is 1. The number of carbonyl (C=O) groups excluding carboxylic acids is 1. The Bertz CT molecular complexity index is 960. The Kier molecular flexibility index (Phi) is 7.58. The maximum absolute atomic E-state index is 13.7. The maximum atomic E-state index is 13.7. The molecule has 2 rings (SSSR count). The molecule has 0 aliphatic rings. The number of para-hydroxylation sites is 1. The molecule has 0 aromatic heterocycles. The van der Waals surface area contributed by atoms with Gasteiger partial charge in [0.05, 0.1) is 28.5 Å². The minimum atomic E-state index is -3.63. The predicted octanol–water partition coefficient (Wildman–Crippen LogP) is 2.97. The molecule has 158 valence electrons. The number of benzene rings is 2. The Morgan fingerprint density at radius 3 is 2.28 bits per heavy atom. The van der Waals surface area contributed by atoms with Crippen molar-refractivity contribution in [2.24, 2.45) is 0 Å². The summed E-state index contributed by atoms with van der Waals surface area (Å²) in [5.41, 5.74) is 1.30. The third-order valence-corrected chi connectivity index (χ3v) is 6.43. The molecule has 0 aliphatic heterocycles. The van der Waals surface area contributed by atoms with E-state index in [-0.39, 0.29) is 17.1 Å². The van der Waals surface area contributed by atoms with Crippen LogP contribution in [0.15, 0.2) is 47.4 Å². The van der Waals surface area contributed by atoms with Gasteiger partial charge in [-0.25, -0.2) is 12.8 Å². The molecule has 0 bridgehead atoms. The van der Waals surface area contributed by atoms with Crippen molar-refractivity contribution < 1.29 is 17.6 Å². The molecule has 0 fully saturated rings. The van der Waals surface area contributed by atoms with E-state index in [1.807, 2.05) is 19.0 Å². The molecule has 1 amide bonds. The standard InChI is InChI=1S/C20H27FN4O3S/c1-5-25(6-2)29(27,28)15-11-12-19(24(3)4)18(13-15)22-14-20(26)23-17-10-8-7-9-16(17)21/h7-13,22H,5-6,14H2,1-4H3,(H,23,26). The molecule has 29 heavy (non-hydrogen) atoms. The van der Waals surface area contributed by atoms with Crippen LogP contribution in [0.1, 0.15) is 13.8 Å². The van der Waals surface area contributed by atoms with Crippen molar-refractivity contribution in [3.63, 3.8) is 0 Å². The summed E-state index contributed by atoms with van der Waals surface area (Å²) in [5, 5.41) is 5.46. The quantitative estimate of drug-likeness (QED) is 0.649. The molecule has 0 aliphatic carbocycles. The SMILES string of the molecule is CCN(CC)S(=O)(=O)c1ccc(N(C)C)c(NCC(=O)Nc2ccccc2F)c1. The summed E-state index contributed by atoms with van der Waals surface area (Å²) in [4.78, 5) is 14.2. The first-order valence-corrected chi connectivity index (χ1v) is 10.7. The highest BCUT2D eigenvalue weighted by Crippen LogP contribution is 2.29. The van der Waals surface area contributed by atoms with E-state index >= 15 is 0 Å². The molecule has 0 saturated carbocycles. The van der Waals surface area contributed by atoms with Crippen LogP contribution in [-0.2, 0) is 14.8 Å². The van der Waals surface area contributed by atoms with Crippen LogP contribution in [0.3, 0.4) is 0 Å². The summed E-state index contributed by atoms with van der Waals surface area (Å²) in [5.74, 6) is -0.973. The van der Waals surface area contributed by atoms with Crippen molar-refractivity contribution in [1.29, 1.82) is 0 Å². The number of halogens is 1. The second-order valence-corrected chi connectivity index (χ2v) is 8.48. The number of sulfonamides is 1. The Morgan fingerprint density at radius 1 is 1.03 bits per heavy atom. The number of anilines is 3. The molecule has 0 spiro atoms. The van der Waals surface area contributed by atoms with E-state index in [0.717, 1.165) is 5.69 Å². The van der Waals surface area contributed by atoms with E-state index in [1.54, 1.807) is 32.0 Å². The molecule has 0 unspecified atom stereocenters. The number of nitrogens with one attached hydrogen (secondary N) is 2. The van der Waals surface area contributed by atoms with Gasteiger partial charge in [-0.2, -0.15) is 4.31 Å². The van der Waals surface area contributed by atoms with Gasteiger partial charge in [-0.1, -0.05) is 26.0 Å². The van der Waals surface area contributed by atoms with Crippen molar-refractivity contribution >= 4 is 33.0 Å². The van der Waals surface area contributed by atoms with Crippen LogP contribution in [0.4, 0.5) is 21.5 Å². The number of nitrogens with zero attached hydrogens (tertiary/aromatic N) is 2. The molecule has 0 radical (unpaired) electrons. The topological polar surface area (TPSA) is 81.8 Å². The smallest absolute Gasteiger partial charge is 0.243 e. The molecular formula is C20H27FN4O3S. The molecular weight excluding hydrogens is 395 g/mol. The lowest BCUT2D eigenvalue weighted by molar-refractivity contribution is -0.114. The normalized spacial score (nSPS) is 11.4. The zero-order valence-corrected chi connectivity index (χ0v) is 17.9. The summed E-state index contributed by atoms with van der Waals surface area (Å²) in [6.45, 7) is 4.14. The van der Waals surface area contributed by atoms with Crippen molar-refractivity contribution in [2.45, 2.75) is 18.7 Å². The van der Waals surface area contributed by atoms with Crippen LogP contribution in [0.25, 0.3) is 0 Å². The largest absolute Gasteiger partial charge is 0.376 e. The van der Waals surface area contributed by atoms with Crippen molar-refractivity contribution in [1.82, 2.24) is 4.31 Å². The van der Waals surface area contributed by atoms with Crippen LogP contribution < -0.4 is 15.5 Å². The summed E-state index contributed by atoms with van der Waals surface area (Å²) in [6.07, 6.45) is 0. The van der Waals surface area contributed by atoms with E-state index in [0.29, 0.717) is 18.8 Å². The lowest BCUT2D eigenvalue weighted by Gasteiger charge is -2.22. The summed E-state index contributed by atoms with van der Waals surface area (Å²) < 4.78 is 40.7. The highest BCUT2D eigenvalue weighted by atomic mass is 32.2. The average Bonchev–Trinajstić information content (AvgIpc) is 2.68. The predicted molar refractivity (Wildman–Crippen MR) is 114 cm³/mol. The lowest BCUT2D eigenvalue weighted by Crippen LogP contribution is -2.30. The molecule has 0 heterocycles.